The van der Waals surface area contributed by atoms with Gasteiger partial charge in [-0.25, -0.2) is 0 Å². The van der Waals surface area contributed by atoms with Gasteiger partial charge >= 0.3 is 0 Å². The van der Waals surface area contributed by atoms with E-state index in [1.807, 2.05) is 13.8 Å². The molecule has 0 aliphatic heterocycles. The first-order valence-electron chi connectivity index (χ1n) is 7.33. The van der Waals surface area contributed by atoms with E-state index in [1.165, 1.54) is 0 Å². The molecule has 6 heteroatoms. The van der Waals surface area contributed by atoms with Gasteiger partial charge in [0.2, 0.25) is 0 Å². The maximum atomic E-state index is 6.00. The number of rotatable bonds is 13. The highest BCUT2D eigenvalue weighted by Gasteiger charge is 2.18. The Bertz CT molecular complexity index is 192. The molecule has 0 aromatic carbocycles. The smallest absolute Gasteiger partial charge is 0.0249 e. The molecule has 116 valence electrons. The van der Waals surface area contributed by atoms with E-state index < -0.39 is 0 Å². The van der Waals surface area contributed by atoms with Crippen LogP contribution >= 0.6 is 0 Å². The zero-order chi connectivity index (χ0) is 14.6. The summed E-state index contributed by atoms with van der Waals surface area (Å²) in [5.74, 6) is 0. The minimum atomic E-state index is -0.169. The molecule has 8 N–H and O–H groups in total. The van der Waals surface area contributed by atoms with E-state index in [2.05, 4.69) is 28.2 Å². The van der Waals surface area contributed by atoms with E-state index >= 15 is 0 Å². The van der Waals surface area contributed by atoms with Gasteiger partial charge in [-0.15, -0.1) is 0 Å². The Labute approximate surface area is 118 Å². The lowest BCUT2D eigenvalue weighted by Gasteiger charge is -2.28. The number of nitrogens with one attached hydrogen (secondary N) is 4. The highest BCUT2D eigenvalue weighted by Crippen LogP contribution is 2.02. The molecule has 6 nitrogen and oxygen atoms in total. The molecule has 0 aromatic rings. The number of hydrogen-bond acceptors (Lipinski definition) is 6. The average Bonchev–Trinajstić information content (AvgIpc) is 2.34. The number of nitrogens with two attached hydrogens (primary N) is 2. The van der Waals surface area contributed by atoms with Crippen molar-refractivity contribution in [2.75, 3.05) is 52.4 Å². The van der Waals surface area contributed by atoms with Gasteiger partial charge < -0.3 is 32.7 Å². The Balaban J connectivity index is 3.15. The second kappa shape index (κ2) is 11.6. The molecule has 0 amide bonds. The highest BCUT2D eigenvalue weighted by atomic mass is 15.0. The van der Waals surface area contributed by atoms with E-state index in [9.17, 15) is 0 Å². The summed E-state index contributed by atoms with van der Waals surface area (Å²) < 4.78 is 0. The lowest BCUT2D eigenvalue weighted by atomic mass is 9.98. The van der Waals surface area contributed by atoms with Crippen molar-refractivity contribution in [3.05, 3.63) is 0 Å². The van der Waals surface area contributed by atoms with Crippen molar-refractivity contribution in [3.63, 3.8) is 0 Å². The Morgan fingerprint density at radius 1 is 0.842 bits per heavy atom. The molecule has 0 bridgehead atoms. The van der Waals surface area contributed by atoms with Crippen LogP contribution in [0.4, 0.5) is 0 Å². The maximum absolute atomic E-state index is 6.00. The van der Waals surface area contributed by atoms with Gasteiger partial charge in [0.15, 0.2) is 0 Å². The summed E-state index contributed by atoms with van der Waals surface area (Å²) in [6, 6.07) is 0.320. The van der Waals surface area contributed by atoms with Crippen molar-refractivity contribution in [2.45, 2.75) is 32.4 Å². The van der Waals surface area contributed by atoms with Gasteiger partial charge in [0.05, 0.1) is 0 Å². The lowest BCUT2D eigenvalue weighted by molar-refractivity contribution is 0.363. The minimum Gasteiger partial charge on any atom is -0.329 e. The molecule has 0 saturated heterocycles. The second-order valence-corrected chi connectivity index (χ2v) is 5.54. The Morgan fingerprint density at radius 3 is 1.68 bits per heavy atom. The van der Waals surface area contributed by atoms with Crippen molar-refractivity contribution in [1.29, 1.82) is 0 Å². The summed E-state index contributed by atoms with van der Waals surface area (Å²) >= 11 is 0. The fourth-order valence-electron chi connectivity index (χ4n) is 1.47. The molecule has 0 heterocycles. The molecule has 0 radical (unpaired) electrons. The van der Waals surface area contributed by atoms with Gasteiger partial charge in [0.25, 0.3) is 0 Å². The van der Waals surface area contributed by atoms with Crippen LogP contribution in [0, 0.1) is 0 Å². The van der Waals surface area contributed by atoms with E-state index in [1.54, 1.807) is 0 Å². The first kappa shape index (κ1) is 18.8. The first-order chi connectivity index (χ1) is 8.98. The van der Waals surface area contributed by atoms with Gasteiger partial charge in [0.1, 0.15) is 0 Å². The fourth-order valence-corrected chi connectivity index (χ4v) is 1.47. The third-order valence-electron chi connectivity index (χ3n) is 3.15. The summed E-state index contributed by atoms with van der Waals surface area (Å²) in [7, 11) is 0. The molecule has 0 fully saturated rings. The van der Waals surface area contributed by atoms with Gasteiger partial charge in [-0.3, -0.25) is 0 Å². The van der Waals surface area contributed by atoms with E-state index in [0.717, 1.165) is 45.8 Å². The van der Waals surface area contributed by atoms with Crippen molar-refractivity contribution in [2.24, 2.45) is 11.5 Å². The lowest BCUT2D eigenvalue weighted by Crippen LogP contribution is -2.52. The molecule has 0 aliphatic rings. The topological polar surface area (TPSA) is 100 Å². The van der Waals surface area contributed by atoms with E-state index in [4.69, 9.17) is 11.5 Å². The van der Waals surface area contributed by atoms with Crippen LogP contribution in [0.1, 0.15) is 20.8 Å². The first-order valence-corrected chi connectivity index (χ1v) is 7.33. The molecule has 0 saturated carbocycles. The summed E-state index contributed by atoms with van der Waals surface area (Å²) in [5.41, 5.74) is 11.2. The van der Waals surface area contributed by atoms with Crippen LogP contribution in [0.2, 0.25) is 0 Å². The second-order valence-electron chi connectivity index (χ2n) is 5.54. The van der Waals surface area contributed by atoms with Crippen LogP contribution in [0.15, 0.2) is 0 Å². The molecule has 19 heavy (non-hydrogen) atoms. The van der Waals surface area contributed by atoms with Gasteiger partial charge in [-0.1, -0.05) is 0 Å². The van der Waals surface area contributed by atoms with E-state index in [-0.39, 0.29) is 5.54 Å². The Morgan fingerprint density at radius 2 is 1.26 bits per heavy atom. The molecule has 0 rings (SSSR count). The summed E-state index contributed by atoms with van der Waals surface area (Å²) in [5, 5.41) is 13.4. The van der Waals surface area contributed by atoms with Crippen molar-refractivity contribution < 1.29 is 0 Å². The minimum absolute atomic E-state index is 0.169. The van der Waals surface area contributed by atoms with Gasteiger partial charge in [-0.05, 0) is 20.8 Å². The van der Waals surface area contributed by atoms with E-state index in [0.29, 0.717) is 12.6 Å². The van der Waals surface area contributed by atoms with Gasteiger partial charge in [0, 0.05) is 63.9 Å². The van der Waals surface area contributed by atoms with Crippen LogP contribution in [0.5, 0.6) is 0 Å². The average molecular weight is 274 g/mol. The molecule has 0 aliphatic carbocycles. The van der Waals surface area contributed by atoms with Crippen molar-refractivity contribution in [1.82, 2.24) is 21.3 Å². The molecule has 1 atom stereocenters. The Hall–Kier alpha value is -0.240. The zero-order valence-electron chi connectivity index (χ0n) is 12.9. The van der Waals surface area contributed by atoms with Crippen LogP contribution in [0.25, 0.3) is 0 Å². The third kappa shape index (κ3) is 12.5. The quantitative estimate of drug-likeness (QED) is 0.227. The summed E-state index contributed by atoms with van der Waals surface area (Å²) in [6.45, 7) is 13.6. The molecular weight excluding hydrogens is 240 g/mol. The van der Waals surface area contributed by atoms with Crippen LogP contribution in [0.3, 0.4) is 0 Å². The monoisotopic (exact) mass is 274 g/mol. The largest absolute Gasteiger partial charge is 0.329 e. The summed E-state index contributed by atoms with van der Waals surface area (Å²) in [6.07, 6.45) is 0. The van der Waals surface area contributed by atoms with Crippen LogP contribution < -0.4 is 32.7 Å². The molecule has 0 spiro atoms. The zero-order valence-corrected chi connectivity index (χ0v) is 12.9. The van der Waals surface area contributed by atoms with Crippen LogP contribution in [-0.4, -0.2) is 63.9 Å². The van der Waals surface area contributed by atoms with Crippen molar-refractivity contribution >= 4 is 0 Å². The third-order valence-corrected chi connectivity index (χ3v) is 3.15. The predicted octanol–water partition coefficient (Wildman–Crippen LogP) is -1.57. The van der Waals surface area contributed by atoms with Gasteiger partial charge in [-0.2, -0.15) is 0 Å². The SMILES string of the molecule is CC(NCCNCCNCCNCCN)C(C)(C)N. The molecule has 0 aromatic heterocycles. The fraction of sp³-hybridized carbons (Fsp3) is 1.00. The normalized spacial score (nSPS) is 13.7. The Kier molecular flexibility index (Phi) is 11.4. The maximum Gasteiger partial charge on any atom is 0.0249 e. The van der Waals surface area contributed by atoms with Crippen molar-refractivity contribution in [3.8, 4) is 0 Å². The van der Waals surface area contributed by atoms with Crippen LogP contribution in [-0.2, 0) is 0 Å². The molecular formula is C13H34N6. The highest BCUT2D eigenvalue weighted by molar-refractivity contribution is 4.84. The number of hydrogen-bond donors (Lipinski definition) is 6. The summed E-state index contributed by atoms with van der Waals surface area (Å²) in [4.78, 5) is 0. The molecule has 1 unspecified atom stereocenters. The predicted molar refractivity (Wildman–Crippen MR) is 83.4 cm³/mol. The standard InChI is InChI=1S/C13H34N6/c1-12(13(2,3)15)19-11-10-18-9-8-17-7-6-16-5-4-14/h12,16-19H,4-11,14-15H2,1-3H3.